The van der Waals surface area contributed by atoms with E-state index in [0.29, 0.717) is 22.3 Å². The van der Waals surface area contributed by atoms with Gasteiger partial charge in [-0.25, -0.2) is 0 Å². The van der Waals surface area contributed by atoms with Gasteiger partial charge in [-0.1, -0.05) is 12.1 Å². The summed E-state index contributed by atoms with van der Waals surface area (Å²) >= 11 is 0. The summed E-state index contributed by atoms with van der Waals surface area (Å²) in [5.41, 5.74) is 3.45. The Morgan fingerprint density at radius 3 is 1.35 bits per heavy atom. The number of aliphatic hydroxyl groups excluding tert-OH is 2. The molecule has 0 aliphatic rings. The van der Waals surface area contributed by atoms with Gasteiger partial charge in [-0.2, -0.15) is 0 Å². The maximum atomic E-state index is 10.2. The van der Waals surface area contributed by atoms with Crippen molar-refractivity contribution in [3.63, 3.8) is 0 Å². The fourth-order valence-corrected chi connectivity index (χ4v) is 2.36. The summed E-state index contributed by atoms with van der Waals surface area (Å²) < 4.78 is 0. The number of phenols is 2. The van der Waals surface area contributed by atoms with E-state index >= 15 is 0 Å². The minimum Gasteiger partial charge on any atom is -0.507 e. The molecule has 0 saturated heterocycles. The van der Waals surface area contributed by atoms with Gasteiger partial charge in [0.05, 0.1) is 13.2 Å². The van der Waals surface area contributed by atoms with E-state index in [1.807, 2.05) is 13.8 Å². The van der Waals surface area contributed by atoms with E-state index in [0.717, 1.165) is 11.1 Å². The van der Waals surface area contributed by atoms with Crippen LogP contribution in [0.4, 0.5) is 0 Å². The molecular weight excluding hydrogens is 256 g/mol. The molecule has 0 atom stereocenters. The summed E-state index contributed by atoms with van der Waals surface area (Å²) in [6.07, 6.45) is 0. The standard InChI is InChI=1S/C16H18O4/c1-9-3-11(7-17)15(19)13(5-9)14-6-10(2)4-12(8-18)16(14)20/h3-6,17-20H,7-8H2,1-2H3. The predicted molar refractivity (Wildman–Crippen MR) is 76.5 cm³/mol. The van der Waals surface area contributed by atoms with Crippen LogP contribution in [0.5, 0.6) is 11.5 Å². The maximum absolute atomic E-state index is 10.2. The molecule has 4 heteroatoms. The lowest BCUT2D eigenvalue weighted by Crippen LogP contribution is -1.93. The summed E-state index contributed by atoms with van der Waals surface area (Å²) in [5.74, 6) is -0.106. The van der Waals surface area contributed by atoms with E-state index in [2.05, 4.69) is 0 Å². The molecule has 0 aliphatic heterocycles. The van der Waals surface area contributed by atoms with Crippen molar-refractivity contribution in [1.29, 1.82) is 0 Å². The zero-order valence-corrected chi connectivity index (χ0v) is 11.5. The summed E-state index contributed by atoms with van der Waals surface area (Å²) in [4.78, 5) is 0. The number of rotatable bonds is 3. The highest BCUT2D eigenvalue weighted by Gasteiger charge is 2.16. The number of aromatic hydroxyl groups is 2. The zero-order valence-electron chi connectivity index (χ0n) is 11.5. The first-order valence-electron chi connectivity index (χ1n) is 6.35. The van der Waals surface area contributed by atoms with Crippen LogP contribution < -0.4 is 0 Å². The Morgan fingerprint density at radius 2 is 1.05 bits per heavy atom. The van der Waals surface area contributed by atoms with Crippen LogP contribution >= 0.6 is 0 Å². The second-order valence-electron chi connectivity index (χ2n) is 4.96. The molecule has 4 nitrogen and oxygen atoms in total. The van der Waals surface area contributed by atoms with Crippen molar-refractivity contribution in [3.05, 3.63) is 46.5 Å². The Kier molecular flexibility index (Phi) is 3.97. The van der Waals surface area contributed by atoms with Crippen molar-refractivity contribution in [1.82, 2.24) is 0 Å². The Hall–Kier alpha value is -2.04. The van der Waals surface area contributed by atoms with E-state index in [4.69, 9.17) is 0 Å². The maximum Gasteiger partial charge on any atom is 0.129 e. The lowest BCUT2D eigenvalue weighted by molar-refractivity contribution is 0.274. The molecule has 4 N–H and O–H groups in total. The predicted octanol–water partition coefficient (Wildman–Crippen LogP) is 2.37. The molecule has 2 aromatic carbocycles. The molecule has 0 aromatic heterocycles. The van der Waals surface area contributed by atoms with Crippen LogP contribution in [0.25, 0.3) is 11.1 Å². The number of aryl methyl sites for hydroxylation is 2. The average molecular weight is 274 g/mol. The molecule has 2 rings (SSSR count). The number of benzene rings is 2. The second-order valence-corrected chi connectivity index (χ2v) is 4.96. The van der Waals surface area contributed by atoms with Crippen molar-refractivity contribution in [3.8, 4) is 22.6 Å². The van der Waals surface area contributed by atoms with Crippen LogP contribution in [0.3, 0.4) is 0 Å². The summed E-state index contributed by atoms with van der Waals surface area (Å²) in [7, 11) is 0. The highest BCUT2D eigenvalue weighted by molar-refractivity contribution is 5.78. The van der Waals surface area contributed by atoms with Gasteiger partial charge in [-0.3, -0.25) is 0 Å². The molecular formula is C16H18O4. The van der Waals surface area contributed by atoms with Crippen molar-refractivity contribution in [2.75, 3.05) is 0 Å². The third-order valence-electron chi connectivity index (χ3n) is 3.30. The van der Waals surface area contributed by atoms with Crippen LogP contribution in [0.1, 0.15) is 22.3 Å². The first kappa shape index (κ1) is 14.4. The van der Waals surface area contributed by atoms with E-state index < -0.39 is 0 Å². The van der Waals surface area contributed by atoms with Crippen molar-refractivity contribution >= 4 is 0 Å². The quantitative estimate of drug-likeness (QED) is 0.692. The fourth-order valence-electron chi connectivity index (χ4n) is 2.36. The van der Waals surface area contributed by atoms with Crippen LogP contribution in [-0.2, 0) is 13.2 Å². The summed E-state index contributed by atoms with van der Waals surface area (Å²) in [5, 5.41) is 39.0. The monoisotopic (exact) mass is 274 g/mol. The van der Waals surface area contributed by atoms with Gasteiger partial charge in [0, 0.05) is 22.3 Å². The molecule has 20 heavy (non-hydrogen) atoms. The molecule has 106 valence electrons. The van der Waals surface area contributed by atoms with E-state index in [1.165, 1.54) is 0 Å². The normalized spacial score (nSPS) is 10.8. The molecule has 0 bridgehead atoms. The van der Waals surface area contributed by atoms with Crippen LogP contribution in [-0.4, -0.2) is 20.4 Å². The molecule has 0 spiro atoms. The topological polar surface area (TPSA) is 80.9 Å². The first-order chi connectivity index (χ1) is 9.47. The Morgan fingerprint density at radius 1 is 0.700 bits per heavy atom. The van der Waals surface area contributed by atoms with Gasteiger partial charge in [0.15, 0.2) is 0 Å². The Labute approximate surface area is 117 Å². The van der Waals surface area contributed by atoms with E-state index in [9.17, 15) is 20.4 Å². The van der Waals surface area contributed by atoms with E-state index in [-0.39, 0.29) is 24.7 Å². The van der Waals surface area contributed by atoms with Gasteiger partial charge in [0.1, 0.15) is 11.5 Å². The summed E-state index contributed by atoms with van der Waals surface area (Å²) in [6, 6.07) is 6.87. The Balaban J connectivity index is 2.74. The molecule has 0 amide bonds. The highest BCUT2D eigenvalue weighted by Crippen LogP contribution is 2.40. The number of hydrogen-bond donors (Lipinski definition) is 4. The van der Waals surface area contributed by atoms with Gasteiger partial charge in [0.25, 0.3) is 0 Å². The molecule has 0 heterocycles. The molecule has 0 radical (unpaired) electrons. The van der Waals surface area contributed by atoms with Crippen molar-refractivity contribution in [2.45, 2.75) is 27.1 Å². The largest absolute Gasteiger partial charge is 0.507 e. The molecule has 0 saturated carbocycles. The number of aliphatic hydroxyl groups is 2. The van der Waals surface area contributed by atoms with Gasteiger partial charge in [-0.05, 0) is 37.1 Å². The smallest absolute Gasteiger partial charge is 0.129 e. The molecule has 2 aromatic rings. The van der Waals surface area contributed by atoms with Gasteiger partial charge < -0.3 is 20.4 Å². The minimum absolute atomic E-state index is 0.0529. The third-order valence-corrected chi connectivity index (χ3v) is 3.30. The van der Waals surface area contributed by atoms with Gasteiger partial charge in [0.2, 0.25) is 0 Å². The fraction of sp³-hybridized carbons (Fsp3) is 0.250. The van der Waals surface area contributed by atoms with Crippen LogP contribution in [0.15, 0.2) is 24.3 Å². The number of hydrogen-bond acceptors (Lipinski definition) is 4. The molecule has 0 unspecified atom stereocenters. The van der Waals surface area contributed by atoms with Gasteiger partial charge in [-0.15, -0.1) is 0 Å². The summed E-state index contributed by atoms with van der Waals surface area (Å²) in [6.45, 7) is 3.14. The molecule has 0 aliphatic carbocycles. The third kappa shape index (κ3) is 2.48. The highest BCUT2D eigenvalue weighted by atomic mass is 16.3. The van der Waals surface area contributed by atoms with Crippen LogP contribution in [0, 0.1) is 13.8 Å². The zero-order chi connectivity index (χ0) is 14.9. The average Bonchev–Trinajstić information content (AvgIpc) is 2.43. The second kappa shape index (κ2) is 5.53. The Bertz CT molecular complexity index is 590. The first-order valence-corrected chi connectivity index (χ1v) is 6.35. The minimum atomic E-state index is -0.278. The van der Waals surface area contributed by atoms with E-state index in [1.54, 1.807) is 24.3 Å². The van der Waals surface area contributed by atoms with Crippen molar-refractivity contribution in [2.24, 2.45) is 0 Å². The lowest BCUT2D eigenvalue weighted by atomic mass is 9.95. The SMILES string of the molecule is Cc1cc(CO)c(O)c(-c2cc(C)cc(CO)c2O)c1. The van der Waals surface area contributed by atoms with Crippen molar-refractivity contribution < 1.29 is 20.4 Å². The molecule has 0 fully saturated rings. The van der Waals surface area contributed by atoms with Crippen LogP contribution in [0.2, 0.25) is 0 Å². The van der Waals surface area contributed by atoms with Gasteiger partial charge >= 0.3 is 0 Å². The lowest BCUT2D eigenvalue weighted by Gasteiger charge is -2.14.